The van der Waals surface area contributed by atoms with Crippen molar-refractivity contribution in [3.63, 3.8) is 0 Å². The van der Waals surface area contributed by atoms with Crippen molar-refractivity contribution in [3.05, 3.63) is 59.4 Å². The zero-order valence-electron chi connectivity index (χ0n) is 14.0. The summed E-state index contributed by atoms with van der Waals surface area (Å²) in [6.07, 6.45) is -1.09. The number of amides is 1. The van der Waals surface area contributed by atoms with Crippen LogP contribution in [0.1, 0.15) is 21.5 Å². The number of aromatic nitrogens is 3. The molecule has 3 aromatic rings. The molecule has 1 aliphatic rings. The monoisotopic (exact) mass is 376 g/mol. The molecular weight excluding hydrogens is 361 g/mol. The third kappa shape index (κ3) is 3.63. The van der Waals surface area contributed by atoms with Crippen LogP contribution < -0.4 is 5.32 Å². The van der Waals surface area contributed by atoms with Gasteiger partial charge in [0.05, 0.1) is 30.5 Å². The lowest BCUT2D eigenvalue weighted by atomic mass is 9.93. The largest absolute Gasteiger partial charge is 0.416 e. The maximum Gasteiger partial charge on any atom is 0.416 e. The van der Waals surface area contributed by atoms with Gasteiger partial charge in [-0.05, 0) is 42.3 Å². The molecule has 9 heteroatoms. The van der Waals surface area contributed by atoms with Gasteiger partial charge in [-0.3, -0.25) is 4.79 Å². The molecule has 1 aromatic carbocycles. The first-order valence-corrected chi connectivity index (χ1v) is 8.29. The average Bonchev–Trinajstić information content (AvgIpc) is 3.05. The summed E-state index contributed by atoms with van der Waals surface area (Å²) in [4.78, 5) is 12.5. The maximum atomic E-state index is 13.3. The molecule has 1 saturated heterocycles. The van der Waals surface area contributed by atoms with E-state index in [2.05, 4.69) is 15.6 Å². The molecule has 0 spiro atoms. The molecule has 0 radical (unpaired) electrons. The van der Waals surface area contributed by atoms with Crippen LogP contribution in [0.2, 0.25) is 0 Å². The number of rotatable bonds is 4. The van der Waals surface area contributed by atoms with E-state index >= 15 is 0 Å². The van der Waals surface area contributed by atoms with Gasteiger partial charge in [0.2, 0.25) is 0 Å². The van der Waals surface area contributed by atoms with Crippen LogP contribution >= 0.6 is 0 Å². The number of alkyl halides is 3. The molecule has 0 atom stereocenters. The molecule has 0 aliphatic carbocycles. The molecule has 0 bridgehead atoms. The number of halogens is 3. The van der Waals surface area contributed by atoms with Crippen molar-refractivity contribution < 1.29 is 22.7 Å². The van der Waals surface area contributed by atoms with Gasteiger partial charge in [-0.1, -0.05) is 5.21 Å². The Morgan fingerprint density at radius 3 is 2.78 bits per heavy atom. The second kappa shape index (κ2) is 6.66. The van der Waals surface area contributed by atoms with Gasteiger partial charge in [-0.2, -0.15) is 13.2 Å². The molecule has 1 amide bonds. The third-order valence-electron chi connectivity index (χ3n) is 4.45. The molecule has 4 rings (SSSR count). The highest BCUT2D eigenvalue weighted by molar-refractivity contribution is 6.04. The Bertz CT molecular complexity index is 996. The zero-order valence-corrected chi connectivity index (χ0v) is 14.0. The Morgan fingerprint density at radius 1 is 1.26 bits per heavy atom. The zero-order chi connectivity index (χ0) is 19.0. The van der Waals surface area contributed by atoms with Gasteiger partial charge in [0.1, 0.15) is 0 Å². The summed E-state index contributed by atoms with van der Waals surface area (Å²) in [5, 5.41) is 10.2. The van der Waals surface area contributed by atoms with Crippen LogP contribution in [0.25, 0.3) is 5.52 Å². The number of nitrogens with one attached hydrogen (secondary N) is 1. The first kappa shape index (κ1) is 17.5. The highest BCUT2D eigenvalue weighted by Crippen LogP contribution is 2.35. The second-order valence-electron chi connectivity index (χ2n) is 6.45. The Balaban J connectivity index is 1.58. The van der Waals surface area contributed by atoms with Gasteiger partial charge in [0.15, 0.2) is 0 Å². The van der Waals surface area contributed by atoms with Gasteiger partial charge in [0, 0.05) is 23.4 Å². The summed E-state index contributed by atoms with van der Waals surface area (Å²) >= 11 is 0. The predicted octanol–water partition coefficient (Wildman–Crippen LogP) is 3.19. The number of fused-ring (bicyclic) bond motifs is 1. The first-order chi connectivity index (χ1) is 12.9. The smallest absolute Gasteiger partial charge is 0.381 e. The number of pyridine rings is 1. The molecule has 1 fully saturated rings. The lowest BCUT2D eigenvalue weighted by molar-refractivity contribution is -0.138. The quantitative estimate of drug-likeness (QED) is 0.759. The van der Waals surface area contributed by atoms with Crippen LogP contribution in [-0.4, -0.2) is 33.9 Å². The van der Waals surface area contributed by atoms with Crippen molar-refractivity contribution in [2.45, 2.75) is 12.6 Å². The number of hydrogen-bond donors (Lipinski definition) is 1. The second-order valence-corrected chi connectivity index (χ2v) is 6.45. The number of anilines is 1. The number of hydrogen-bond acceptors (Lipinski definition) is 4. The normalized spacial score (nSPS) is 14.9. The van der Waals surface area contributed by atoms with E-state index in [1.807, 2.05) is 0 Å². The minimum Gasteiger partial charge on any atom is -0.381 e. The molecule has 3 heterocycles. The van der Waals surface area contributed by atoms with Crippen molar-refractivity contribution in [2.75, 3.05) is 18.5 Å². The molecule has 2 aromatic heterocycles. The molecule has 0 unspecified atom stereocenters. The average molecular weight is 376 g/mol. The van der Waals surface area contributed by atoms with Crippen LogP contribution in [0, 0.1) is 5.92 Å². The van der Waals surface area contributed by atoms with Gasteiger partial charge in [0.25, 0.3) is 5.91 Å². The van der Waals surface area contributed by atoms with Crippen LogP contribution in [0.5, 0.6) is 0 Å². The van der Waals surface area contributed by atoms with Crippen molar-refractivity contribution in [3.8, 4) is 0 Å². The van der Waals surface area contributed by atoms with Crippen molar-refractivity contribution in [1.29, 1.82) is 0 Å². The lowest BCUT2D eigenvalue weighted by Crippen LogP contribution is -2.30. The summed E-state index contributed by atoms with van der Waals surface area (Å²) in [7, 11) is 0. The van der Waals surface area contributed by atoms with Crippen LogP contribution in [0.15, 0.2) is 42.7 Å². The molecule has 1 aliphatic heterocycles. The molecule has 0 saturated carbocycles. The fourth-order valence-corrected chi connectivity index (χ4v) is 3.00. The fraction of sp³-hybridized carbons (Fsp3) is 0.278. The third-order valence-corrected chi connectivity index (χ3v) is 4.45. The highest BCUT2D eigenvalue weighted by Gasteiger charge is 2.34. The SMILES string of the molecule is O=C(Nc1ccc(C(F)(F)F)c(CC2COC2)c1)c1ccn2nncc2c1. The topological polar surface area (TPSA) is 68.5 Å². The number of carbonyl (C=O) groups excluding carboxylic acids is 1. The highest BCUT2D eigenvalue weighted by atomic mass is 19.4. The van der Waals surface area contributed by atoms with Crippen LogP contribution in [-0.2, 0) is 17.3 Å². The molecule has 140 valence electrons. The Hall–Kier alpha value is -2.94. The van der Waals surface area contributed by atoms with Crippen LogP contribution in [0.4, 0.5) is 18.9 Å². The summed E-state index contributed by atoms with van der Waals surface area (Å²) in [5.41, 5.74) is 0.789. The van der Waals surface area contributed by atoms with Gasteiger partial charge in [-0.25, -0.2) is 4.52 Å². The Kier molecular flexibility index (Phi) is 4.31. The summed E-state index contributed by atoms with van der Waals surface area (Å²) < 4.78 is 46.4. The fourth-order valence-electron chi connectivity index (χ4n) is 3.00. The Morgan fingerprint density at radius 2 is 2.07 bits per heavy atom. The standard InChI is InChI=1S/C18H15F3N4O2/c19-18(20,21)16-2-1-14(6-13(16)5-11-9-27-10-11)23-17(26)12-3-4-25-15(7-12)8-22-24-25/h1-4,6-8,11H,5,9-10H2,(H,23,26). The van der Waals surface area contributed by atoms with E-state index in [0.717, 1.165) is 6.07 Å². The van der Waals surface area contributed by atoms with Gasteiger partial charge < -0.3 is 10.1 Å². The van der Waals surface area contributed by atoms with E-state index in [4.69, 9.17) is 4.74 Å². The van der Waals surface area contributed by atoms with Gasteiger partial charge >= 0.3 is 6.18 Å². The summed E-state index contributed by atoms with van der Waals surface area (Å²) in [6, 6.07) is 6.83. The number of ether oxygens (including phenoxy) is 1. The van der Waals surface area contributed by atoms with E-state index in [1.165, 1.54) is 22.8 Å². The maximum absolute atomic E-state index is 13.3. The van der Waals surface area contributed by atoms with Crippen molar-refractivity contribution in [2.24, 2.45) is 5.92 Å². The predicted molar refractivity (Wildman–Crippen MR) is 90.4 cm³/mol. The minimum absolute atomic E-state index is 0.0637. The number of nitrogens with zero attached hydrogens (tertiary/aromatic N) is 3. The van der Waals surface area contributed by atoms with Crippen molar-refractivity contribution >= 4 is 17.1 Å². The van der Waals surface area contributed by atoms with E-state index in [-0.39, 0.29) is 17.9 Å². The van der Waals surface area contributed by atoms with E-state index in [9.17, 15) is 18.0 Å². The van der Waals surface area contributed by atoms with E-state index in [0.29, 0.717) is 30.0 Å². The van der Waals surface area contributed by atoms with Crippen molar-refractivity contribution in [1.82, 2.24) is 14.8 Å². The summed E-state index contributed by atoms with van der Waals surface area (Å²) in [5.74, 6) is -0.356. The van der Waals surface area contributed by atoms with E-state index < -0.39 is 17.6 Å². The molecular formula is C18H15F3N4O2. The van der Waals surface area contributed by atoms with E-state index in [1.54, 1.807) is 18.3 Å². The minimum atomic E-state index is -4.44. The van der Waals surface area contributed by atoms with Crippen LogP contribution in [0.3, 0.4) is 0 Å². The lowest BCUT2D eigenvalue weighted by Gasteiger charge is -2.27. The molecule has 6 nitrogen and oxygen atoms in total. The number of benzene rings is 1. The molecule has 27 heavy (non-hydrogen) atoms. The first-order valence-electron chi connectivity index (χ1n) is 8.29. The number of carbonyl (C=O) groups is 1. The summed E-state index contributed by atoms with van der Waals surface area (Å²) in [6.45, 7) is 0.903. The molecule has 1 N–H and O–H groups in total. The van der Waals surface area contributed by atoms with Gasteiger partial charge in [-0.15, -0.1) is 5.10 Å². The Labute approximate surface area is 151 Å².